The van der Waals surface area contributed by atoms with E-state index in [1.165, 1.54) is 49.5 Å². The van der Waals surface area contributed by atoms with E-state index in [-0.39, 0.29) is 10.6 Å². The third kappa shape index (κ3) is 2.59. The lowest BCUT2D eigenvalue weighted by Crippen LogP contribution is -2.27. The number of halogens is 1. The molecule has 0 unspecified atom stereocenters. The molecule has 0 fully saturated rings. The van der Waals surface area contributed by atoms with Gasteiger partial charge in [0.1, 0.15) is 5.82 Å². The van der Waals surface area contributed by atoms with E-state index in [9.17, 15) is 12.8 Å². The number of hydrogen-bond donors (Lipinski definition) is 2. The summed E-state index contributed by atoms with van der Waals surface area (Å²) in [6.07, 6.45) is 0. The Morgan fingerprint density at radius 2 is 1.70 bits per heavy atom. The number of anilines is 2. The topological polar surface area (TPSA) is 75.4 Å². The Labute approximate surface area is 116 Å². The fourth-order valence-electron chi connectivity index (χ4n) is 1.72. The number of nitrogens with zero attached hydrogens (tertiary/aromatic N) is 1. The van der Waals surface area contributed by atoms with Gasteiger partial charge in [-0.25, -0.2) is 12.8 Å². The number of nitrogens with one attached hydrogen (secondary N) is 1. The van der Waals surface area contributed by atoms with Crippen molar-refractivity contribution in [3.8, 4) is 0 Å². The Kier molecular flexibility index (Phi) is 3.91. The second kappa shape index (κ2) is 5.48. The number of rotatable bonds is 4. The lowest BCUT2D eigenvalue weighted by Gasteiger charge is -2.20. The van der Waals surface area contributed by atoms with E-state index in [1.807, 2.05) is 0 Å². The first kappa shape index (κ1) is 14.3. The zero-order valence-electron chi connectivity index (χ0n) is 10.7. The van der Waals surface area contributed by atoms with Gasteiger partial charge in [-0.1, -0.05) is 12.1 Å². The molecule has 0 heterocycles. The van der Waals surface area contributed by atoms with E-state index < -0.39 is 15.8 Å². The van der Waals surface area contributed by atoms with E-state index in [0.29, 0.717) is 5.69 Å². The maximum Gasteiger partial charge on any atom is 0.264 e. The van der Waals surface area contributed by atoms with Crippen molar-refractivity contribution < 1.29 is 12.8 Å². The van der Waals surface area contributed by atoms with E-state index in [2.05, 4.69) is 5.43 Å². The average molecular weight is 295 g/mol. The van der Waals surface area contributed by atoms with Crippen LogP contribution in [-0.4, -0.2) is 15.5 Å². The Bertz CT molecular complexity index is 702. The lowest BCUT2D eigenvalue weighted by molar-refractivity contribution is 0.589. The Morgan fingerprint density at radius 3 is 2.25 bits per heavy atom. The minimum absolute atomic E-state index is 0.00599. The van der Waals surface area contributed by atoms with Crippen molar-refractivity contribution >= 4 is 21.4 Å². The van der Waals surface area contributed by atoms with Crippen molar-refractivity contribution in [1.82, 2.24) is 0 Å². The number of sulfonamides is 1. The summed E-state index contributed by atoms with van der Waals surface area (Å²) in [5, 5.41) is 0. The predicted octanol–water partition coefficient (Wildman–Crippen LogP) is 1.94. The molecule has 0 aliphatic carbocycles. The van der Waals surface area contributed by atoms with Crippen LogP contribution in [0, 0.1) is 5.82 Å². The Morgan fingerprint density at radius 1 is 1.10 bits per heavy atom. The molecule has 2 rings (SSSR count). The molecule has 0 radical (unpaired) electrons. The van der Waals surface area contributed by atoms with Crippen LogP contribution in [0.3, 0.4) is 0 Å². The Hall–Kier alpha value is -2.12. The van der Waals surface area contributed by atoms with Gasteiger partial charge in [0.05, 0.1) is 10.6 Å². The average Bonchev–Trinajstić information content (AvgIpc) is 2.47. The number of hydrogen-bond acceptors (Lipinski definition) is 4. The molecule has 0 amide bonds. The van der Waals surface area contributed by atoms with Crippen LogP contribution in [0.25, 0.3) is 0 Å². The SMILES string of the molecule is CN(c1ccccc1F)S(=O)(=O)c1ccc(NN)cc1. The van der Waals surface area contributed by atoms with Gasteiger partial charge in [0, 0.05) is 12.7 Å². The van der Waals surface area contributed by atoms with Gasteiger partial charge in [-0.2, -0.15) is 0 Å². The molecular formula is C13H14FN3O2S. The summed E-state index contributed by atoms with van der Waals surface area (Å²) in [6.45, 7) is 0. The quantitative estimate of drug-likeness (QED) is 0.667. The third-order valence-corrected chi connectivity index (χ3v) is 4.66. The molecule has 3 N–H and O–H groups in total. The summed E-state index contributed by atoms with van der Waals surface area (Å²) in [4.78, 5) is 0.0576. The molecule has 0 aliphatic rings. The second-order valence-electron chi connectivity index (χ2n) is 4.09. The zero-order chi connectivity index (χ0) is 14.8. The zero-order valence-corrected chi connectivity index (χ0v) is 11.6. The van der Waals surface area contributed by atoms with Crippen LogP contribution in [-0.2, 0) is 10.0 Å². The first-order valence-electron chi connectivity index (χ1n) is 5.77. The third-order valence-electron chi connectivity index (χ3n) is 2.87. The van der Waals surface area contributed by atoms with Crippen molar-refractivity contribution in [3.05, 3.63) is 54.3 Å². The molecule has 0 aliphatic heterocycles. The fourth-order valence-corrected chi connectivity index (χ4v) is 2.92. The monoisotopic (exact) mass is 295 g/mol. The van der Waals surface area contributed by atoms with Gasteiger partial charge < -0.3 is 5.43 Å². The van der Waals surface area contributed by atoms with Gasteiger partial charge in [-0.05, 0) is 36.4 Å². The highest BCUT2D eigenvalue weighted by Crippen LogP contribution is 2.25. The van der Waals surface area contributed by atoms with Gasteiger partial charge in [0.25, 0.3) is 10.0 Å². The van der Waals surface area contributed by atoms with Crippen LogP contribution in [0.4, 0.5) is 15.8 Å². The van der Waals surface area contributed by atoms with Crippen LogP contribution >= 0.6 is 0 Å². The highest BCUT2D eigenvalue weighted by molar-refractivity contribution is 7.92. The van der Waals surface area contributed by atoms with Gasteiger partial charge >= 0.3 is 0 Å². The minimum Gasteiger partial charge on any atom is -0.324 e. The van der Waals surface area contributed by atoms with Gasteiger partial charge in [-0.3, -0.25) is 10.1 Å². The van der Waals surface area contributed by atoms with Gasteiger partial charge in [0.15, 0.2) is 0 Å². The highest BCUT2D eigenvalue weighted by atomic mass is 32.2. The molecule has 0 saturated heterocycles. The number of benzene rings is 2. The van der Waals surface area contributed by atoms with Gasteiger partial charge in [0.2, 0.25) is 0 Å². The van der Waals surface area contributed by atoms with Crippen molar-refractivity contribution in [3.63, 3.8) is 0 Å². The standard InChI is InChI=1S/C13H14FN3O2S/c1-17(13-5-3-2-4-12(13)14)20(18,19)11-8-6-10(16-15)7-9-11/h2-9,16H,15H2,1H3. The molecule has 0 saturated carbocycles. The molecule has 2 aromatic rings. The fraction of sp³-hybridized carbons (Fsp3) is 0.0769. The largest absolute Gasteiger partial charge is 0.324 e. The summed E-state index contributed by atoms with van der Waals surface area (Å²) >= 11 is 0. The van der Waals surface area contributed by atoms with E-state index in [4.69, 9.17) is 5.84 Å². The second-order valence-corrected chi connectivity index (χ2v) is 6.06. The van der Waals surface area contributed by atoms with E-state index >= 15 is 0 Å². The maximum absolute atomic E-state index is 13.7. The lowest BCUT2D eigenvalue weighted by atomic mass is 10.3. The summed E-state index contributed by atoms with van der Waals surface area (Å²) in [6, 6.07) is 11.6. The number of nitrogens with two attached hydrogens (primary N) is 1. The maximum atomic E-state index is 13.7. The first-order valence-corrected chi connectivity index (χ1v) is 7.21. The van der Waals surface area contributed by atoms with E-state index in [1.54, 1.807) is 6.07 Å². The normalized spacial score (nSPS) is 11.2. The molecule has 0 spiro atoms. The molecule has 106 valence electrons. The van der Waals surface area contributed by atoms with Crippen molar-refractivity contribution in [2.45, 2.75) is 4.90 Å². The van der Waals surface area contributed by atoms with Crippen molar-refractivity contribution in [1.29, 1.82) is 0 Å². The first-order chi connectivity index (χ1) is 9.46. The Balaban J connectivity index is 2.41. The number of hydrazine groups is 1. The smallest absolute Gasteiger partial charge is 0.264 e. The van der Waals surface area contributed by atoms with Gasteiger partial charge in [-0.15, -0.1) is 0 Å². The molecule has 2 aromatic carbocycles. The summed E-state index contributed by atoms with van der Waals surface area (Å²) in [7, 11) is -2.51. The molecule has 0 atom stereocenters. The highest BCUT2D eigenvalue weighted by Gasteiger charge is 2.23. The van der Waals surface area contributed by atoms with Crippen LogP contribution in [0.5, 0.6) is 0 Å². The minimum atomic E-state index is -3.81. The summed E-state index contributed by atoms with van der Waals surface area (Å²) < 4.78 is 39.4. The molecular weight excluding hydrogens is 281 g/mol. The van der Waals surface area contributed by atoms with Crippen molar-refractivity contribution in [2.24, 2.45) is 5.84 Å². The van der Waals surface area contributed by atoms with E-state index in [0.717, 1.165) is 4.31 Å². The van der Waals surface area contributed by atoms with Crippen LogP contribution < -0.4 is 15.6 Å². The van der Waals surface area contributed by atoms with Crippen LogP contribution in [0.1, 0.15) is 0 Å². The van der Waals surface area contributed by atoms with Crippen molar-refractivity contribution in [2.75, 3.05) is 16.8 Å². The molecule has 7 heteroatoms. The molecule has 0 aromatic heterocycles. The molecule has 20 heavy (non-hydrogen) atoms. The number of para-hydroxylation sites is 1. The number of nitrogen functional groups attached to an aromatic ring is 1. The predicted molar refractivity (Wildman–Crippen MR) is 76.2 cm³/mol. The van der Waals surface area contributed by atoms with Crippen LogP contribution in [0.2, 0.25) is 0 Å². The molecule has 5 nitrogen and oxygen atoms in total. The summed E-state index contributed by atoms with van der Waals surface area (Å²) in [5.41, 5.74) is 2.98. The van der Waals surface area contributed by atoms with Crippen LogP contribution in [0.15, 0.2) is 53.4 Å². The summed E-state index contributed by atoms with van der Waals surface area (Å²) in [5.74, 6) is 4.62. The molecule has 0 bridgehead atoms.